The molecule has 0 aliphatic carbocycles. The van der Waals surface area contributed by atoms with Crippen LogP contribution in [0.15, 0.2) is 41.3 Å². The number of hydrogen-bond donors (Lipinski definition) is 0. The molecule has 0 radical (unpaired) electrons. The fraction of sp³-hybridized carbons (Fsp3) is 0.167. The Kier molecular flexibility index (Phi) is 4.06. The highest BCUT2D eigenvalue weighted by molar-refractivity contribution is 9.10. The van der Waals surface area contributed by atoms with Crippen molar-refractivity contribution < 1.29 is 9.66 Å². The third-order valence-electron chi connectivity index (χ3n) is 2.45. The molecule has 0 amide bonds. The lowest BCUT2D eigenvalue weighted by Crippen LogP contribution is -2.06. The Balaban J connectivity index is 2.28. The van der Waals surface area contributed by atoms with Crippen LogP contribution in [0.4, 0.5) is 5.82 Å². The van der Waals surface area contributed by atoms with Crippen molar-refractivity contribution in [3.05, 3.63) is 56.9 Å². The second kappa shape index (κ2) is 5.75. The second-order valence-corrected chi connectivity index (χ2v) is 4.69. The smallest absolute Gasteiger partial charge is 0.406 e. The quantitative estimate of drug-likeness (QED) is 0.637. The van der Waals surface area contributed by atoms with Gasteiger partial charge < -0.3 is 14.9 Å². The molecule has 2 rings (SSSR count). The van der Waals surface area contributed by atoms with Gasteiger partial charge in [0.15, 0.2) is 6.20 Å². The highest BCUT2D eigenvalue weighted by atomic mass is 79.9. The molecule has 0 unspecified atom stereocenters. The van der Waals surface area contributed by atoms with Crippen molar-refractivity contribution in [2.45, 2.75) is 13.0 Å². The summed E-state index contributed by atoms with van der Waals surface area (Å²) in [6.07, 6.45) is 4.31. The van der Waals surface area contributed by atoms with Gasteiger partial charge in [0.2, 0.25) is 5.75 Å². The highest BCUT2D eigenvalue weighted by Crippen LogP contribution is 2.31. The van der Waals surface area contributed by atoms with E-state index in [0.29, 0.717) is 4.47 Å². The van der Waals surface area contributed by atoms with Crippen LogP contribution in [-0.2, 0) is 0 Å². The van der Waals surface area contributed by atoms with Gasteiger partial charge in [0.1, 0.15) is 6.10 Å². The van der Waals surface area contributed by atoms with Crippen LogP contribution >= 0.6 is 15.9 Å². The van der Waals surface area contributed by atoms with E-state index in [2.05, 4.69) is 25.9 Å². The minimum absolute atomic E-state index is 0.128. The fourth-order valence-electron chi connectivity index (χ4n) is 1.53. The molecule has 2 aromatic heterocycles. The van der Waals surface area contributed by atoms with Gasteiger partial charge in [0, 0.05) is 18.5 Å². The first kappa shape index (κ1) is 13.4. The SMILES string of the molecule is C[C@H](Oc1cc(Br)cnc1[N+](=O)[O-])c1ccncc1. The maximum atomic E-state index is 10.9. The third kappa shape index (κ3) is 3.25. The van der Waals surface area contributed by atoms with Crippen LogP contribution in [0.1, 0.15) is 18.6 Å². The van der Waals surface area contributed by atoms with E-state index in [4.69, 9.17) is 4.74 Å². The first-order chi connectivity index (χ1) is 9.08. The molecule has 6 nitrogen and oxygen atoms in total. The lowest BCUT2D eigenvalue weighted by Gasteiger charge is -2.14. The molecule has 98 valence electrons. The summed E-state index contributed by atoms with van der Waals surface area (Å²) in [7, 11) is 0. The lowest BCUT2D eigenvalue weighted by atomic mass is 10.2. The molecule has 0 N–H and O–H groups in total. The summed E-state index contributed by atoms with van der Waals surface area (Å²) in [4.78, 5) is 18.0. The summed E-state index contributed by atoms with van der Waals surface area (Å²) in [5.41, 5.74) is 0.879. The van der Waals surface area contributed by atoms with Gasteiger partial charge in [-0.15, -0.1) is 0 Å². The van der Waals surface area contributed by atoms with Crippen LogP contribution in [0.5, 0.6) is 5.75 Å². The van der Waals surface area contributed by atoms with E-state index in [1.165, 1.54) is 12.3 Å². The van der Waals surface area contributed by atoms with Gasteiger partial charge in [-0.1, -0.05) is 0 Å². The first-order valence-electron chi connectivity index (χ1n) is 5.44. The Bertz CT molecular complexity index is 592. The summed E-state index contributed by atoms with van der Waals surface area (Å²) in [6, 6.07) is 5.12. The number of aromatic nitrogens is 2. The first-order valence-corrected chi connectivity index (χ1v) is 6.23. The molecule has 0 aliphatic rings. The van der Waals surface area contributed by atoms with Crippen molar-refractivity contribution in [1.29, 1.82) is 0 Å². The molecule has 2 aromatic rings. The lowest BCUT2D eigenvalue weighted by molar-refractivity contribution is -0.390. The predicted octanol–water partition coefficient (Wildman–Crippen LogP) is 3.29. The molecule has 2 heterocycles. The van der Waals surface area contributed by atoms with Gasteiger partial charge in [-0.2, -0.15) is 0 Å². The predicted molar refractivity (Wildman–Crippen MR) is 71.9 cm³/mol. The number of nitro groups is 1. The molecular weight excluding hydrogens is 314 g/mol. The van der Waals surface area contributed by atoms with Gasteiger partial charge in [-0.25, -0.2) is 0 Å². The summed E-state index contributed by atoms with van der Waals surface area (Å²) < 4.78 is 6.23. The topological polar surface area (TPSA) is 78.2 Å². The van der Waals surface area contributed by atoms with Gasteiger partial charge >= 0.3 is 5.82 Å². The van der Waals surface area contributed by atoms with E-state index < -0.39 is 4.92 Å². The molecule has 0 saturated carbocycles. The van der Waals surface area contributed by atoms with Crippen molar-refractivity contribution in [3.8, 4) is 5.75 Å². The van der Waals surface area contributed by atoms with E-state index in [1.54, 1.807) is 31.5 Å². The van der Waals surface area contributed by atoms with Gasteiger partial charge in [0.25, 0.3) is 0 Å². The zero-order valence-electron chi connectivity index (χ0n) is 9.99. The van der Waals surface area contributed by atoms with Gasteiger partial charge in [-0.3, -0.25) is 4.98 Å². The Morgan fingerprint density at radius 3 is 2.74 bits per heavy atom. The number of nitrogens with zero attached hydrogens (tertiary/aromatic N) is 3. The molecule has 19 heavy (non-hydrogen) atoms. The maximum Gasteiger partial charge on any atom is 0.406 e. The van der Waals surface area contributed by atoms with E-state index in [9.17, 15) is 10.1 Å². The molecule has 0 fully saturated rings. The number of ether oxygens (including phenoxy) is 1. The number of halogens is 1. The van der Waals surface area contributed by atoms with E-state index in [-0.39, 0.29) is 17.7 Å². The zero-order chi connectivity index (χ0) is 13.8. The summed E-state index contributed by atoms with van der Waals surface area (Å²) in [6.45, 7) is 1.81. The van der Waals surface area contributed by atoms with Crippen LogP contribution in [0.2, 0.25) is 0 Å². The number of pyridine rings is 2. The van der Waals surface area contributed by atoms with Crippen molar-refractivity contribution in [3.63, 3.8) is 0 Å². The molecule has 7 heteroatoms. The molecule has 0 aliphatic heterocycles. The van der Waals surface area contributed by atoms with Crippen LogP contribution < -0.4 is 4.74 Å². The van der Waals surface area contributed by atoms with Crippen LogP contribution in [0, 0.1) is 10.1 Å². The number of hydrogen-bond acceptors (Lipinski definition) is 5. The third-order valence-corrected chi connectivity index (χ3v) is 2.89. The van der Waals surface area contributed by atoms with Gasteiger partial charge in [-0.05, 0) is 50.5 Å². The van der Waals surface area contributed by atoms with Crippen molar-refractivity contribution in [1.82, 2.24) is 9.97 Å². The van der Waals surface area contributed by atoms with Crippen LogP contribution in [0.3, 0.4) is 0 Å². The molecule has 0 bridgehead atoms. The maximum absolute atomic E-state index is 10.9. The van der Waals surface area contributed by atoms with E-state index in [1.807, 2.05) is 0 Å². The zero-order valence-corrected chi connectivity index (χ0v) is 11.6. The molecule has 0 spiro atoms. The average molecular weight is 324 g/mol. The number of rotatable bonds is 4. The van der Waals surface area contributed by atoms with E-state index >= 15 is 0 Å². The van der Waals surface area contributed by atoms with Crippen molar-refractivity contribution in [2.75, 3.05) is 0 Å². The van der Waals surface area contributed by atoms with Gasteiger partial charge in [0.05, 0.1) is 4.47 Å². The molecule has 1 atom stereocenters. The average Bonchev–Trinajstić information content (AvgIpc) is 2.39. The monoisotopic (exact) mass is 323 g/mol. The Morgan fingerprint density at radius 1 is 1.42 bits per heavy atom. The fourth-order valence-corrected chi connectivity index (χ4v) is 1.84. The van der Waals surface area contributed by atoms with Crippen LogP contribution in [0.25, 0.3) is 0 Å². The standard InChI is InChI=1S/C12H10BrN3O3/c1-8(9-2-4-14-5-3-9)19-11-6-10(13)7-15-12(11)16(17)18/h2-8H,1H3/t8-/m0/s1. The van der Waals surface area contributed by atoms with E-state index in [0.717, 1.165) is 5.56 Å². The van der Waals surface area contributed by atoms with Crippen LogP contribution in [-0.4, -0.2) is 14.9 Å². The van der Waals surface area contributed by atoms with Crippen molar-refractivity contribution in [2.24, 2.45) is 0 Å². The molecular formula is C12H10BrN3O3. The highest BCUT2D eigenvalue weighted by Gasteiger charge is 2.20. The molecule has 0 aromatic carbocycles. The second-order valence-electron chi connectivity index (χ2n) is 3.77. The minimum atomic E-state index is -0.568. The molecule has 0 saturated heterocycles. The summed E-state index contributed by atoms with van der Waals surface area (Å²) in [5, 5.41) is 10.9. The normalized spacial score (nSPS) is 11.9. The summed E-state index contributed by atoms with van der Waals surface area (Å²) >= 11 is 3.22. The Morgan fingerprint density at radius 2 is 2.11 bits per heavy atom. The minimum Gasteiger partial charge on any atom is -0.478 e. The Labute approximate surface area is 117 Å². The summed E-state index contributed by atoms with van der Waals surface area (Å²) in [5.74, 6) is -0.173. The Hall–Kier alpha value is -2.02. The van der Waals surface area contributed by atoms with Crippen molar-refractivity contribution >= 4 is 21.7 Å². The largest absolute Gasteiger partial charge is 0.478 e.